The average Bonchev–Trinajstić information content (AvgIpc) is 2.26. The molecule has 0 aliphatic rings. The second kappa shape index (κ2) is 7.16. The van der Waals surface area contributed by atoms with Gasteiger partial charge >= 0.3 is 0 Å². The number of anilines is 2. The zero-order valence-corrected chi connectivity index (χ0v) is 10.5. The lowest BCUT2D eigenvalue weighted by Gasteiger charge is -2.07. The average molecular weight is 242 g/mol. The second-order valence-corrected chi connectivity index (χ2v) is 4.98. The number of hydrogen-bond donors (Lipinski definition) is 2. The standard InChI is InChI=1S/C10H18N4OS/c1-3-4-12-9-7-11-8-10(14-9)13-5-6-16(2)15/h7-8H,3-6H2,1-2H3,(H2,12,13,14). The molecule has 5 nitrogen and oxygen atoms in total. The van der Waals surface area contributed by atoms with Gasteiger partial charge in [-0.25, -0.2) is 4.98 Å². The summed E-state index contributed by atoms with van der Waals surface area (Å²) in [5, 5.41) is 6.25. The summed E-state index contributed by atoms with van der Waals surface area (Å²) >= 11 is 0. The van der Waals surface area contributed by atoms with Gasteiger partial charge in [-0.3, -0.25) is 9.19 Å². The first-order valence-electron chi connectivity index (χ1n) is 5.32. The van der Waals surface area contributed by atoms with E-state index in [0.29, 0.717) is 18.1 Å². The van der Waals surface area contributed by atoms with E-state index in [-0.39, 0.29) is 0 Å². The van der Waals surface area contributed by atoms with E-state index >= 15 is 0 Å². The van der Waals surface area contributed by atoms with Crippen LogP contribution in [0.2, 0.25) is 0 Å². The highest BCUT2D eigenvalue weighted by molar-refractivity contribution is 7.84. The lowest BCUT2D eigenvalue weighted by Crippen LogP contribution is -2.12. The zero-order chi connectivity index (χ0) is 11.8. The predicted molar refractivity (Wildman–Crippen MR) is 68.2 cm³/mol. The number of nitrogens with zero attached hydrogens (tertiary/aromatic N) is 2. The highest BCUT2D eigenvalue weighted by atomic mass is 32.2. The van der Waals surface area contributed by atoms with Gasteiger partial charge in [-0.2, -0.15) is 0 Å². The first kappa shape index (κ1) is 12.9. The van der Waals surface area contributed by atoms with Gasteiger partial charge in [0.05, 0.1) is 12.4 Å². The number of aromatic nitrogens is 2. The third-order valence-electron chi connectivity index (χ3n) is 1.89. The van der Waals surface area contributed by atoms with Gasteiger partial charge in [-0.15, -0.1) is 0 Å². The molecule has 0 aliphatic heterocycles. The number of rotatable bonds is 7. The van der Waals surface area contributed by atoms with Crippen molar-refractivity contribution in [2.75, 3.05) is 35.7 Å². The lowest BCUT2D eigenvalue weighted by molar-refractivity contribution is 0.687. The molecule has 0 amide bonds. The molecule has 1 aromatic rings. The van der Waals surface area contributed by atoms with E-state index in [0.717, 1.165) is 18.8 Å². The van der Waals surface area contributed by atoms with Crippen LogP contribution in [0.3, 0.4) is 0 Å². The van der Waals surface area contributed by atoms with Crippen LogP contribution in [0.5, 0.6) is 0 Å². The van der Waals surface area contributed by atoms with Crippen molar-refractivity contribution in [2.24, 2.45) is 0 Å². The molecule has 1 heterocycles. The quantitative estimate of drug-likeness (QED) is 0.749. The summed E-state index contributed by atoms with van der Waals surface area (Å²) in [5.74, 6) is 2.10. The van der Waals surface area contributed by atoms with Crippen LogP contribution >= 0.6 is 0 Å². The zero-order valence-electron chi connectivity index (χ0n) is 9.69. The van der Waals surface area contributed by atoms with Crippen molar-refractivity contribution in [3.05, 3.63) is 12.4 Å². The molecule has 0 bridgehead atoms. The fraction of sp³-hybridized carbons (Fsp3) is 0.600. The summed E-state index contributed by atoms with van der Waals surface area (Å²) in [7, 11) is -0.776. The van der Waals surface area contributed by atoms with Crippen LogP contribution < -0.4 is 10.6 Å². The lowest BCUT2D eigenvalue weighted by atomic mass is 10.5. The third-order valence-corrected chi connectivity index (χ3v) is 2.67. The van der Waals surface area contributed by atoms with Gasteiger partial charge in [-0.1, -0.05) is 6.92 Å². The Morgan fingerprint density at radius 3 is 2.44 bits per heavy atom. The molecule has 1 aromatic heterocycles. The molecule has 90 valence electrons. The summed E-state index contributed by atoms with van der Waals surface area (Å²) in [6, 6.07) is 0. The van der Waals surface area contributed by atoms with Crippen LogP contribution in [0.1, 0.15) is 13.3 Å². The maximum absolute atomic E-state index is 10.9. The maximum Gasteiger partial charge on any atom is 0.146 e. The van der Waals surface area contributed by atoms with Crippen LogP contribution in [-0.2, 0) is 10.8 Å². The van der Waals surface area contributed by atoms with Gasteiger partial charge < -0.3 is 10.6 Å². The van der Waals surface area contributed by atoms with Crippen LogP contribution in [0.15, 0.2) is 12.4 Å². The van der Waals surface area contributed by atoms with Crippen LogP contribution in [0.4, 0.5) is 11.6 Å². The van der Waals surface area contributed by atoms with E-state index in [1.54, 1.807) is 18.6 Å². The van der Waals surface area contributed by atoms with Crippen LogP contribution in [-0.4, -0.2) is 39.3 Å². The van der Waals surface area contributed by atoms with Crippen molar-refractivity contribution in [1.82, 2.24) is 9.97 Å². The van der Waals surface area contributed by atoms with Gasteiger partial charge in [0, 0.05) is 35.9 Å². The Kier molecular flexibility index (Phi) is 5.77. The van der Waals surface area contributed by atoms with Gasteiger partial charge in [-0.05, 0) is 6.42 Å². The van der Waals surface area contributed by atoms with E-state index in [2.05, 4.69) is 27.5 Å². The van der Waals surface area contributed by atoms with E-state index in [9.17, 15) is 4.21 Å². The maximum atomic E-state index is 10.9. The van der Waals surface area contributed by atoms with E-state index in [1.807, 2.05) is 0 Å². The topological polar surface area (TPSA) is 66.9 Å². The Labute approximate surface area is 98.5 Å². The molecule has 0 aliphatic carbocycles. The monoisotopic (exact) mass is 242 g/mol. The minimum Gasteiger partial charge on any atom is -0.369 e. The largest absolute Gasteiger partial charge is 0.369 e. The Morgan fingerprint density at radius 1 is 1.25 bits per heavy atom. The van der Waals surface area contributed by atoms with Crippen molar-refractivity contribution < 1.29 is 4.21 Å². The Morgan fingerprint density at radius 2 is 1.88 bits per heavy atom. The third kappa shape index (κ3) is 5.06. The summed E-state index contributed by atoms with van der Waals surface area (Å²) < 4.78 is 10.9. The molecule has 0 fully saturated rings. The molecule has 1 unspecified atom stereocenters. The molecule has 1 atom stereocenters. The molecule has 0 saturated heterocycles. The fourth-order valence-electron chi connectivity index (χ4n) is 1.11. The minimum atomic E-state index is -0.776. The number of hydrogen-bond acceptors (Lipinski definition) is 5. The second-order valence-electron chi connectivity index (χ2n) is 3.42. The van der Waals surface area contributed by atoms with Gasteiger partial charge in [0.25, 0.3) is 0 Å². The van der Waals surface area contributed by atoms with Crippen molar-refractivity contribution >= 4 is 22.4 Å². The molecule has 0 aromatic carbocycles. The summed E-state index contributed by atoms with van der Waals surface area (Å²) in [4.78, 5) is 8.40. The van der Waals surface area contributed by atoms with E-state index in [4.69, 9.17) is 0 Å². The summed E-state index contributed by atoms with van der Waals surface area (Å²) in [5.41, 5.74) is 0. The Bertz CT molecular complexity index is 345. The first-order valence-corrected chi connectivity index (χ1v) is 7.05. The van der Waals surface area contributed by atoms with Crippen molar-refractivity contribution in [3.63, 3.8) is 0 Å². The van der Waals surface area contributed by atoms with E-state index in [1.165, 1.54) is 0 Å². The molecule has 0 radical (unpaired) electrons. The SMILES string of the molecule is CCCNc1cncc(NCCS(C)=O)n1. The minimum absolute atomic E-state index is 0.619. The van der Waals surface area contributed by atoms with Gasteiger partial charge in [0.2, 0.25) is 0 Å². The molecule has 0 saturated carbocycles. The van der Waals surface area contributed by atoms with Crippen LogP contribution in [0.25, 0.3) is 0 Å². The molecule has 6 heteroatoms. The van der Waals surface area contributed by atoms with Crippen molar-refractivity contribution in [3.8, 4) is 0 Å². The Balaban J connectivity index is 2.43. The van der Waals surface area contributed by atoms with Gasteiger partial charge in [0.1, 0.15) is 11.6 Å². The van der Waals surface area contributed by atoms with Gasteiger partial charge in [0.15, 0.2) is 0 Å². The molecule has 0 spiro atoms. The van der Waals surface area contributed by atoms with E-state index < -0.39 is 10.8 Å². The first-order chi connectivity index (χ1) is 7.72. The summed E-state index contributed by atoms with van der Waals surface area (Å²) in [6.45, 7) is 3.63. The molecule has 1 rings (SSSR count). The summed E-state index contributed by atoms with van der Waals surface area (Å²) in [6.07, 6.45) is 6.09. The van der Waals surface area contributed by atoms with Crippen molar-refractivity contribution in [1.29, 1.82) is 0 Å². The Hall–Kier alpha value is -1.17. The fourth-order valence-corrected chi connectivity index (χ4v) is 1.50. The van der Waals surface area contributed by atoms with Crippen molar-refractivity contribution in [2.45, 2.75) is 13.3 Å². The van der Waals surface area contributed by atoms with Crippen LogP contribution in [0, 0.1) is 0 Å². The number of nitrogens with one attached hydrogen (secondary N) is 2. The normalized spacial score (nSPS) is 12.1. The highest BCUT2D eigenvalue weighted by Gasteiger charge is 1.98. The molecular weight excluding hydrogens is 224 g/mol. The molecule has 2 N–H and O–H groups in total. The highest BCUT2D eigenvalue weighted by Crippen LogP contribution is 2.05. The molecular formula is C10H18N4OS. The predicted octanol–water partition coefficient (Wildman–Crippen LogP) is 1.09. The molecule has 16 heavy (non-hydrogen) atoms. The smallest absolute Gasteiger partial charge is 0.146 e.